The number of carboxylic acid groups (broad SMARTS) is 1. The number of para-hydroxylation sites is 1. The minimum atomic E-state index is -2.49. The van der Waals surface area contributed by atoms with Crippen molar-refractivity contribution in [1.82, 2.24) is 9.80 Å². The standard InChI is InChI=1S/C39H33F5N4O6/c40-30-29(31(41)33(43)34(44)32(30)42)25(20-28(49)48-18-19-54-39(48)53)36(38(51)52)46-35(23-12-5-2-6-13-23)24-14-7-8-15-26(24)45-37(50)27-16-9-17-47(27)21-22-10-3-1-4-11-22/h1-8,10-15,25,27,36H,9,16-21H2,(H,45,50)(H,51,52)/t25-,27+,36+/m1/s1. The number of likely N-dealkylation sites (tertiary alicyclic amines) is 1. The van der Waals surface area contributed by atoms with E-state index >= 15 is 8.78 Å². The maximum absolute atomic E-state index is 15.5. The van der Waals surface area contributed by atoms with Gasteiger partial charge < -0.3 is 15.2 Å². The average Bonchev–Trinajstić information content (AvgIpc) is 3.83. The molecule has 280 valence electrons. The number of aliphatic imine (C=N–C) groups is 1. The number of cyclic esters (lactones) is 1. The van der Waals surface area contributed by atoms with Crippen molar-refractivity contribution in [2.45, 2.75) is 43.8 Å². The largest absolute Gasteiger partial charge is 0.480 e. The average molecular weight is 749 g/mol. The second kappa shape index (κ2) is 16.4. The van der Waals surface area contributed by atoms with Gasteiger partial charge in [0.1, 0.15) is 6.61 Å². The van der Waals surface area contributed by atoms with E-state index in [4.69, 9.17) is 4.74 Å². The fourth-order valence-electron chi connectivity index (χ4n) is 6.73. The lowest BCUT2D eigenvalue weighted by atomic mass is 9.86. The summed E-state index contributed by atoms with van der Waals surface area (Å²) < 4.78 is 79.1. The van der Waals surface area contributed by atoms with Crippen LogP contribution >= 0.6 is 0 Å². The van der Waals surface area contributed by atoms with Crippen molar-refractivity contribution >= 4 is 35.3 Å². The van der Waals surface area contributed by atoms with Gasteiger partial charge >= 0.3 is 12.1 Å². The second-order valence-corrected chi connectivity index (χ2v) is 12.7. The Morgan fingerprint density at radius 1 is 0.833 bits per heavy atom. The molecular formula is C39H33F5N4O6. The number of carbonyl (C=O) groups excluding carboxylic acids is 3. The summed E-state index contributed by atoms with van der Waals surface area (Å²) in [6, 6.07) is 20.8. The summed E-state index contributed by atoms with van der Waals surface area (Å²) >= 11 is 0. The number of hydrogen-bond donors (Lipinski definition) is 2. The van der Waals surface area contributed by atoms with Gasteiger partial charge in [0.25, 0.3) is 0 Å². The Morgan fingerprint density at radius 2 is 1.44 bits per heavy atom. The molecule has 2 heterocycles. The van der Waals surface area contributed by atoms with Crippen molar-refractivity contribution in [3.63, 3.8) is 0 Å². The molecule has 0 aromatic heterocycles. The minimum Gasteiger partial charge on any atom is -0.480 e. The van der Waals surface area contributed by atoms with Crippen LogP contribution in [0.1, 0.15) is 47.4 Å². The second-order valence-electron chi connectivity index (χ2n) is 12.7. The fraction of sp³-hybridized carbons (Fsp3) is 0.256. The van der Waals surface area contributed by atoms with E-state index in [-0.39, 0.29) is 41.6 Å². The van der Waals surface area contributed by atoms with E-state index in [0.29, 0.717) is 24.4 Å². The van der Waals surface area contributed by atoms with Gasteiger partial charge in [0.2, 0.25) is 17.6 Å². The van der Waals surface area contributed by atoms with E-state index in [0.717, 1.165) is 12.0 Å². The van der Waals surface area contributed by atoms with Gasteiger partial charge in [-0.25, -0.2) is 36.4 Å². The number of halogens is 5. The number of nitrogens with zero attached hydrogens (tertiary/aromatic N) is 3. The van der Waals surface area contributed by atoms with Gasteiger partial charge in [-0.1, -0.05) is 78.9 Å². The summed E-state index contributed by atoms with van der Waals surface area (Å²) in [6.07, 6.45) is -1.03. The Kier molecular flexibility index (Phi) is 11.5. The number of ether oxygens (including phenoxy) is 1. The van der Waals surface area contributed by atoms with Crippen LogP contribution in [-0.4, -0.2) is 76.3 Å². The van der Waals surface area contributed by atoms with Gasteiger partial charge in [-0.3, -0.25) is 19.5 Å². The molecule has 2 fully saturated rings. The maximum Gasteiger partial charge on any atom is 0.416 e. The lowest BCUT2D eigenvalue weighted by Crippen LogP contribution is -2.39. The number of aliphatic carboxylic acids is 1. The van der Waals surface area contributed by atoms with Crippen LogP contribution in [-0.2, 0) is 25.7 Å². The molecule has 10 nitrogen and oxygen atoms in total. The van der Waals surface area contributed by atoms with Crippen molar-refractivity contribution in [2.75, 3.05) is 25.0 Å². The van der Waals surface area contributed by atoms with Crippen molar-refractivity contribution in [3.05, 3.63) is 136 Å². The van der Waals surface area contributed by atoms with Gasteiger partial charge in [-0.15, -0.1) is 0 Å². The quantitative estimate of drug-likeness (QED) is 0.0740. The van der Waals surface area contributed by atoms with E-state index in [1.807, 2.05) is 35.2 Å². The Bertz CT molecular complexity index is 2070. The van der Waals surface area contributed by atoms with Crippen molar-refractivity contribution in [1.29, 1.82) is 0 Å². The zero-order valence-electron chi connectivity index (χ0n) is 28.5. The van der Waals surface area contributed by atoms with Crippen molar-refractivity contribution in [3.8, 4) is 0 Å². The van der Waals surface area contributed by atoms with E-state index in [9.17, 15) is 37.5 Å². The first-order chi connectivity index (χ1) is 26.0. The fourth-order valence-corrected chi connectivity index (χ4v) is 6.73. The Morgan fingerprint density at radius 3 is 2.07 bits per heavy atom. The van der Waals surface area contributed by atoms with Gasteiger partial charge in [0.05, 0.1) is 24.0 Å². The predicted molar refractivity (Wildman–Crippen MR) is 185 cm³/mol. The third-order valence-electron chi connectivity index (χ3n) is 9.36. The highest BCUT2D eigenvalue weighted by atomic mass is 19.2. The molecule has 2 aliphatic rings. The smallest absolute Gasteiger partial charge is 0.416 e. The summed E-state index contributed by atoms with van der Waals surface area (Å²) in [5, 5.41) is 13.5. The number of imide groups is 1. The van der Waals surface area contributed by atoms with Crippen LogP contribution in [0, 0.1) is 29.1 Å². The summed E-state index contributed by atoms with van der Waals surface area (Å²) in [6.45, 7) is 0.654. The number of carbonyl (C=O) groups is 4. The van der Waals surface area contributed by atoms with Crippen LogP contribution < -0.4 is 5.32 Å². The molecule has 3 amide bonds. The van der Waals surface area contributed by atoms with E-state index in [1.165, 1.54) is 18.2 Å². The minimum absolute atomic E-state index is 0.145. The molecule has 4 aromatic carbocycles. The number of anilines is 1. The molecule has 2 N–H and O–H groups in total. The Hall–Kier alpha value is -5.96. The molecule has 0 spiro atoms. The molecule has 54 heavy (non-hydrogen) atoms. The number of rotatable bonds is 12. The molecule has 6 rings (SSSR count). The van der Waals surface area contributed by atoms with Crippen LogP contribution in [0.25, 0.3) is 0 Å². The maximum atomic E-state index is 15.5. The van der Waals surface area contributed by atoms with E-state index < -0.39 is 77.0 Å². The highest BCUT2D eigenvalue weighted by Gasteiger charge is 2.42. The van der Waals surface area contributed by atoms with Gasteiger partial charge in [-0.2, -0.15) is 0 Å². The molecule has 0 bridgehead atoms. The van der Waals surface area contributed by atoms with Gasteiger partial charge in [-0.05, 0) is 31.0 Å². The molecule has 4 aromatic rings. The van der Waals surface area contributed by atoms with Gasteiger partial charge in [0.15, 0.2) is 29.3 Å². The number of hydrogen-bond acceptors (Lipinski definition) is 7. The number of carboxylic acids is 1. The lowest BCUT2D eigenvalue weighted by molar-refractivity contribution is -0.139. The van der Waals surface area contributed by atoms with Crippen LogP contribution in [0.2, 0.25) is 0 Å². The molecule has 0 radical (unpaired) electrons. The molecule has 2 aliphatic heterocycles. The van der Waals surface area contributed by atoms with E-state index in [2.05, 4.69) is 10.3 Å². The predicted octanol–water partition coefficient (Wildman–Crippen LogP) is 6.43. The number of nitrogens with one attached hydrogen (secondary N) is 1. The molecule has 0 saturated carbocycles. The zero-order valence-corrected chi connectivity index (χ0v) is 28.5. The number of amides is 3. The van der Waals surface area contributed by atoms with Crippen LogP contribution in [0.15, 0.2) is 89.9 Å². The summed E-state index contributed by atoms with van der Waals surface area (Å²) in [4.78, 5) is 59.4. The highest BCUT2D eigenvalue weighted by Crippen LogP contribution is 2.36. The van der Waals surface area contributed by atoms with Crippen molar-refractivity contribution < 1.29 is 51.0 Å². The first kappa shape index (κ1) is 37.8. The van der Waals surface area contributed by atoms with Gasteiger partial charge in [0, 0.05) is 35.6 Å². The highest BCUT2D eigenvalue weighted by molar-refractivity contribution is 6.18. The lowest BCUT2D eigenvalue weighted by Gasteiger charge is -2.26. The first-order valence-corrected chi connectivity index (χ1v) is 17.0. The molecule has 0 unspecified atom stereocenters. The monoisotopic (exact) mass is 748 g/mol. The first-order valence-electron chi connectivity index (χ1n) is 17.0. The van der Waals surface area contributed by atoms with Crippen LogP contribution in [0.5, 0.6) is 0 Å². The summed E-state index contributed by atoms with van der Waals surface area (Å²) in [5.74, 6) is -17.7. The molecule has 3 atom stereocenters. The Labute approximate surface area is 305 Å². The molecule has 15 heteroatoms. The SMILES string of the molecule is O=C(O)[C@@H](N=C(c1ccccc1)c1ccccc1NC(=O)[C@@H]1CCCN1Cc1ccccc1)[C@H](CC(=O)N1CCOC1=O)c1c(F)c(F)c(F)c(F)c1F. The van der Waals surface area contributed by atoms with Crippen LogP contribution in [0.3, 0.4) is 0 Å². The van der Waals surface area contributed by atoms with E-state index in [1.54, 1.807) is 36.4 Å². The van der Waals surface area contributed by atoms with Crippen LogP contribution in [0.4, 0.5) is 32.4 Å². The summed E-state index contributed by atoms with van der Waals surface area (Å²) in [7, 11) is 0. The number of benzene rings is 4. The third-order valence-corrected chi connectivity index (χ3v) is 9.36. The normalized spacial score (nSPS) is 17.3. The van der Waals surface area contributed by atoms with Crippen molar-refractivity contribution in [2.24, 2.45) is 4.99 Å². The molecule has 2 saturated heterocycles. The topological polar surface area (TPSA) is 129 Å². The third kappa shape index (κ3) is 7.86. The Balaban J connectivity index is 1.45. The zero-order chi connectivity index (χ0) is 38.5. The molecule has 0 aliphatic carbocycles. The molecular weight excluding hydrogens is 715 g/mol. The summed E-state index contributed by atoms with van der Waals surface area (Å²) in [5.41, 5.74) is -0.140.